The van der Waals surface area contributed by atoms with Crippen LogP contribution in [0.1, 0.15) is 24.2 Å². The molecule has 0 aromatic heterocycles. The van der Waals surface area contributed by atoms with Crippen LogP contribution >= 0.6 is 0 Å². The Kier molecular flexibility index (Phi) is 5.26. The molecule has 0 radical (unpaired) electrons. The van der Waals surface area contributed by atoms with E-state index in [0.717, 1.165) is 22.2 Å². The SMILES string of the molecule is CCN1c2ccccc2N(C(=O)c2ccc(S(=O)(=O)N(C)C)cc2)CC1C. The van der Waals surface area contributed by atoms with Crippen molar-refractivity contribution in [2.75, 3.05) is 37.0 Å². The standard InChI is InChI=1S/C20H25N3O3S/c1-5-22-15(2)14-23(19-9-7-6-8-18(19)22)20(24)16-10-12-17(13-11-16)27(25,26)21(3)4/h6-13,15H,5,14H2,1-4H3. The van der Waals surface area contributed by atoms with Crippen LogP contribution in [0.5, 0.6) is 0 Å². The van der Waals surface area contributed by atoms with Crippen LogP contribution < -0.4 is 9.80 Å². The Morgan fingerprint density at radius 1 is 1.07 bits per heavy atom. The summed E-state index contributed by atoms with van der Waals surface area (Å²) in [5.74, 6) is -0.126. The Morgan fingerprint density at radius 2 is 1.67 bits per heavy atom. The second-order valence-corrected chi connectivity index (χ2v) is 9.00. The molecule has 2 aromatic rings. The van der Waals surface area contributed by atoms with Crippen LogP contribution in [0.25, 0.3) is 0 Å². The van der Waals surface area contributed by atoms with Gasteiger partial charge in [0.05, 0.1) is 16.3 Å². The van der Waals surface area contributed by atoms with Gasteiger partial charge in [0.15, 0.2) is 0 Å². The average Bonchev–Trinajstić information content (AvgIpc) is 2.67. The molecule has 0 bridgehead atoms. The van der Waals surface area contributed by atoms with Gasteiger partial charge in [-0.3, -0.25) is 4.79 Å². The molecule has 6 nitrogen and oxygen atoms in total. The number of fused-ring (bicyclic) bond motifs is 1. The molecule has 1 aliphatic heterocycles. The first-order valence-electron chi connectivity index (χ1n) is 8.97. The van der Waals surface area contributed by atoms with E-state index in [2.05, 4.69) is 18.7 Å². The number of carbonyl (C=O) groups is 1. The molecule has 1 heterocycles. The summed E-state index contributed by atoms with van der Waals surface area (Å²) in [5.41, 5.74) is 2.39. The van der Waals surface area contributed by atoms with Crippen molar-refractivity contribution < 1.29 is 13.2 Å². The molecule has 1 atom stereocenters. The minimum Gasteiger partial charge on any atom is -0.366 e. The zero-order chi connectivity index (χ0) is 19.8. The van der Waals surface area contributed by atoms with E-state index in [-0.39, 0.29) is 16.8 Å². The van der Waals surface area contributed by atoms with E-state index in [4.69, 9.17) is 0 Å². The number of anilines is 2. The van der Waals surface area contributed by atoms with Crippen molar-refractivity contribution >= 4 is 27.3 Å². The maximum atomic E-state index is 13.1. The summed E-state index contributed by atoms with van der Waals surface area (Å²) in [6, 6.07) is 14.2. The van der Waals surface area contributed by atoms with Crippen molar-refractivity contribution in [3.05, 3.63) is 54.1 Å². The van der Waals surface area contributed by atoms with Gasteiger partial charge in [0.25, 0.3) is 5.91 Å². The van der Waals surface area contributed by atoms with Gasteiger partial charge < -0.3 is 9.80 Å². The van der Waals surface area contributed by atoms with Crippen molar-refractivity contribution in [3.8, 4) is 0 Å². The molecule has 7 heteroatoms. The fourth-order valence-electron chi connectivity index (χ4n) is 3.44. The first kappa shape index (κ1) is 19.4. The van der Waals surface area contributed by atoms with Crippen LogP contribution in [0, 0.1) is 0 Å². The van der Waals surface area contributed by atoms with Crippen molar-refractivity contribution in [3.63, 3.8) is 0 Å². The monoisotopic (exact) mass is 387 g/mol. The van der Waals surface area contributed by atoms with Gasteiger partial charge in [-0.05, 0) is 50.2 Å². The third-order valence-corrected chi connectivity index (χ3v) is 6.76. The number of nitrogens with zero attached hydrogens (tertiary/aromatic N) is 3. The van der Waals surface area contributed by atoms with Crippen molar-refractivity contribution in [2.45, 2.75) is 24.8 Å². The number of para-hydroxylation sites is 2. The number of carbonyl (C=O) groups excluding carboxylic acids is 1. The zero-order valence-electron chi connectivity index (χ0n) is 16.1. The van der Waals surface area contributed by atoms with E-state index in [1.165, 1.54) is 26.2 Å². The summed E-state index contributed by atoms with van der Waals surface area (Å²) >= 11 is 0. The molecule has 0 saturated carbocycles. The lowest BCUT2D eigenvalue weighted by Crippen LogP contribution is -2.49. The molecule has 0 fully saturated rings. The lowest BCUT2D eigenvalue weighted by molar-refractivity contribution is 0.0984. The molecule has 2 aromatic carbocycles. The van der Waals surface area contributed by atoms with Gasteiger partial charge in [-0.15, -0.1) is 0 Å². The van der Waals surface area contributed by atoms with Crippen molar-refractivity contribution in [1.82, 2.24) is 4.31 Å². The summed E-state index contributed by atoms with van der Waals surface area (Å²) in [5, 5.41) is 0. The van der Waals surface area contributed by atoms with Gasteiger partial charge in [0.2, 0.25) is 10.0 Å². The van der Waals surface area contributed by atoms with Crippen LogP contribution in [0.3, 0.4) is 0 Å². The molecular formula is C20H25N3O3S. The number of likely N-dealkylation sites (N-methyl/N-ethyl adjacent to an activating group) is 1. The summed E-state index contributed by atoms with van der Waals surface area (Å²) in [7, 11) is -0.538. The predicted octanol–water partition coefficient (Wildman–Crippen LogP) is 2.81. The molecular weight excluding hydrogens is 362 g/mol. The molecule has 1 aliphatic rings. The molecule has 0 N–H and O–H groups in total. The Balaban J connectivity index is 1.94. The van der Waals surface area contributed by atoms with Crippen molar-refractivity contribution in [1.29, 1.82) is 0 Å². The normalized spacial score (nSPS) is 17.1. The molecule has 1 amide bonds. The van der Waals surface area contributed by atoms with Crippen molar-refractivity contribution in [2.24, 2.45) is 0 Å². The maximum absolute atomic E-state index is 13.1. The minimum absolute atomic E-state index is 0.126. The van der Waals surface area contributed by atoms with Gasteiger partial charge >= 0.3 is 0 Å². The van der Waals surface area contributed by atoms with Gasteiger partial charge in [-0.25, -0.2) is 12.7 Å². The molecule has 0 saturated heterocycles. The number of sulfonamides is 1. The Bertz CT molecular complexity index is 939. The summed E-state index contributed by atoms with van der Waals surface area (Å²) in [4.78, 5) is 17.4. The first-order chi connectivity index (χ1) is 12.8. The lowest BCUT2D eigenvalue weighted by Gasteiger charge is -2.42. The summed E-state index contributed by atoms with van der Waals surface area (Å²) in [6.07, 6.45) is 0. The second-order valence-electron chi connectivity index (χ2n) is 6.85. The Morgan fingerprint density at radius 3 is 2.22 bits per heavy atom. The highest BCUT2D eigenvalue weighted by atomic mass is 32.2. The van der Waals surface area contributed by atoms with Gasteiger partial charge in [0, 0.05) is 38.8 Å². The molecule has 27 heavy (non-hydrogen) atoms. The fraction of sp³-hybridized carbons (Fsp3) is 0.350. The van der Waals surface area contributed by atoms with Crippen LogP contribution in [0.4, 0.5) is 11.4 Å². The summed E-state index contributed by atoms with van der Waals surface area (Å²) < 4.78 is 25.6. The molecule has 0 aliphatic carbocycles. The lowest BCUT2D eigenvalue weighted by atomic mass is 10.1. The highest BCUT2D eigenvalue weighted by Crippen LogP contribution is 2.36. The highest BCUT2D eigenvalue weighted by Gasteiger charge is 2.31. The number of benzene rings is 2. The molecule has 1 unspecified atom stereocenters. The largest absolute Gasteiger partial charge is 0.366 e. The van der Waals surface area contributed by atoms with Gasteiger partial charge in [-0.2, -0.15) is 0 Å². The third kappa shape index (κ3) is 3.44. The zero-order valence-corrected chi connectivity index (χ0v) is 16.9. The number of amides is 1. The van der Waals surface area contributed by atoms with Crippen LogP contribution in [-0.2, 0) is 10.0 Å². The fourth-order valence-corrected chi connectivity index (χ4v) is 4.35. The topological polar surface area (TPSA) is 60.9 Å². The maximum Gasteiger partial charge on any atom is 0.258 e. The predicted molar refractivity (Wildman–Crippen MR) is 108 cm³/mol. The number of rotatable bonds is 4. The van der Waals surface area contributed by atoms with Crippen LogP contribution in [-0.4, -0.2) is 51.9 Å². The van der Waals surface area contributed by atoms with E-state index in [9.17, 15) is 13.2 Å². The van der Waals surface area contributed by atoms with E-state index in [0.29, 0.717) is 12.1 Å². The third-order valence-electron chi connectivity index (χ3n) is 4.93. The van der Waals surface area contributed by atoms with Gasteiger partial charge in [-0.1, -0.05) is 12.1 Å². The van der Waals surface area contributed by atoms with Crippen LogP contribution in [0.2, 0.25) is 0 Å². The number of hydrogen-bond acceptors (Lipinski definition) is 4. The Labute approximate surface area is 161 Å². The highest BCUT2D eigenvalue weighted by molar-refractivity contribution is 7.89. The molecule has 144 valence electrons. The minimum atomic E-state index is -3.51. The van der Waals surface area contributed by atoms with E-state index >= 15 is 0 Å². The first-order valence-corrected chi connectivity index (χ1v) is 10.4. The van der Waals surface area contributed by atoms with Gasteiger partial charge in [0.1, 0.15) is 0 Å². The van der Waals surface area contributed by atoms with E-state index < -0.39 is 10.0 Å². The Hall–Kier alpha value is -2.38. The molecule has 0 spiro atoms. The average molecular weight is 388 g/mol. The molecule has 3 rings (SSSR count). The quantitative estimate of drug-likeness (QED) is 0.809. The van der Waals surface area contributed by atoms with E-state index in [1.54, 1.807) is 17.0 Å². The second kappa shape index (κ2) is 7.32. The number of hydrogen-bond donors (Lipinski definition) is 0. The van der Waals surface area contributed by atoms with E-state index in [1.807, 2.05) is 24.3 Å². The summed E-state index contributed by atoms with van der Waals surface area (Å²) in [6.45, 7) is 5.67. The smallest absolute Gasteiger partial charge is 0.258 e. The van der Waals surface area contributed by atoms with Crippen LogP contribution in [0.15, 0.2) is 53.4 Å².